The van der Waals surface area contributed by atoms with E-state index in [0.29, 0.717) is 18.3 Å². The molecule has 0 aliphatic heterocycles. The Balaban J connectivity index is 2.24. The minimum Gasteiger partial charge on any atom is -0.421 e. The van der Waals surface area contributed by atoms with E-state index in [1.165, 1.54) is 11.1 Å². The highest BCUT2D eigenvalue weighted by Crippen LogP contribution is 2.21. The molecule has 2 aromatic rings. The standard InChI is InChI=1S/C13H17N3O/c1-9-6-10(2)8-11(7-9)13-16-15-12(17-13)4-3-5-14/h6-8H,3-5,14H2,1-2H3. The number of nitrogens with zero attached hydrogens (tertiary/aromatic N) is 2. The summed E-state index contributed by atoms with van der Waals surface area (Å²) in [6, 6.07) is 6.22. The van der Waals surface area contributed by atoms with Crippen LogP contribution in [0.4, 0.5) is 0 Å². The van der Waals surface area contributed by atoms with Crippen LogP contribution < -0.4 is 5.73 Å². The van der Waals surface area contributed by atoms with E-state index in [1.807, 2.05) is 12.1 Å². The molecule has 0 aliphatic rings. The van der Waals surface area contributed by atoms with Crippen molar-refractivity contribution in [3.05, 3.63) is 35.2 Å². The van der Waals surface area contributed by atoms with Crippen LogP contribution in [0.5, 0.6) is 0 Å². The van der Waals surface area contributed by atoms with E-state index < -0.39 is 0 Å². The molecule has 1 aromatic heterocycles. The molecule has 0 aliphatic carbocycles. The van der Waals surface area contributed by atoms with Crippen molar-refractivity contribution in [2.75, 3.05) is 6.54 Å². The first-order chi connectivity index (χ1) is 8.19. The molecule has 0 radical (unpaired) electrons. The van der Waals surface area contributed by atoms with Gasteiger partial charge in [-0.15, -0.1) is 10.2 Å². The lowest BCUT2D eigenvalue weighted by Gasteiger charge is -2.00. The van der Waals surface area contributed by atoms with E-state index in [4.69, 9.17) is 10.2 Å². The maximum atomic E-state index is 5.60. The summed E-state index contributed by atoms with van der Waals surface area (Å²) in [5, 5.41) is 8.08. The Morgan fingerprint density at radius 3 is 2.47 bits per heavy atom. The van der Waals surface area contributed by atoms with Crippen molar-refractivity contribution < 1.29 is 4.42 Å². The zero-order chi connectivity index (χ0) is 12.3. The van der Waals surface area contributed by atoms with Gasteiger partial charge in [-0.1, -0.05) is 17.2 Å². The molecule has 90 valence electrons. The van der Waals surface area contributed by atoms with Gasteiger partial charge in [0.25, 0.3) is 0 Å². The van der Waals surface area contributed by atoms with Crippen molar-refractivity contribution in [3.63, 3.8) is 0 Å². The monoisotopic (exact) mass is 231 g/mol. The molecular weight excluding hydrogens is 214 g/mol. The highest BCUT2D eigenvalue weighted by atomic mass is 16.4. The van der Waals surface area contributed by atoms with Gasteiger partial charge in [0.15, 0.2) is 0 Å². The Kier molecular flexibility index (Phi) is 3.54. The van der Waals surface area contributed by atoms with Crippen molar-refractivity contribution in [2.45, 2.75) is 26.7 Å². The second-order valence-corrected chi connectivity index (χ2v) is 4.27. The van der Waals surface area contributed by atoms with Crippen LogP contribution in [0, 0.1) is 13.8 Å². The molecule has 0 fully saturated rings. The SMILES string of the molecule is Cc1cc(C)cc(-c2nnc(CCCN)o2)c1. The Hall–Kier alpha value is -1.68. The molecule has 1 aromatic carbocycles. The van der Waals surface area contributed by atoms with Gasteiger partial charge in [-0.2, -0.15) is 0 Å². The summed E-state index contributed by atoms with van der Waals surface area (Å²) in [6.07, 6.45) is 1.61. The van der Waals surface area contributed by atoms with E-state index in [9.17, 15) is 0 Å². The first kappa shape index (κ1) is 11.8. The predicted octanol–water partition coefficient (Wildman–Crippen LogP) is 2.24. The highest BCUT2D eigenvalue weighted by molar-refractivity contribution is 5.55. The summed E-state index contributed by atoms with van der Waals surface area (Å²) >= 11 is 0. The van der Waals surface area contributed by atoms with Gasteiger partial charge in [0.2, 0.25) is 11.8 Å². The Bertz CT molecular complexity index is 485. The van der Waals surface area contributed by atoms with Gasteiger partial charge in [0.1, 0.15) is 0 Å². The Labute approximate surface area is 101 Å². The quantitative estimate of drug-likeness (QED) is 0.876. The van der Waals surface area contributed by atoms with Crippen molar-refractivity contribution in [2.24, 2.45) is 5.73 Å². The summed E-state index contributed by atoms with van der Waals surface area (Å²) in [4.78, 5) is 0. The van der Waals surface area contributed by atoms with Crippen LogP contribution in [0.3, 0.4) is 0 Å². The molecule has 2 N–H and O–H groups in total. The zero-order valence-electron chi connectivity index (χ0n) is 10.2. The molecule has 2 rings (SSSR count). The molecule has 0 amide bonds. The van der Waals surface area contributed by atoms with Crippen molar-refractivity contribution >= 4 is 0 Å². The molecule has 1 heterocycles. The molecule has 0 bridgehead atoms. The number of rotatable bonds is 4. The van der Waals surface area contributed by atoms with Crippen LogP contribution in [0.2, 0.25) is 0 Å². The normalized spacial score (nSPS) is 10.8. The van der Waals surface area contributed by atoms with E-state index >= 15 is 0 Å². The second-order valence-electron chi connectivity index (χ2n) is 4.27. The zero-order valence-corrected chi connectivity index (χ0v) is 10.2. The summed E-state index contributed by atoms with van der Waals surface area (Å²) in [7, 11) is 0. The predicted molar refractivity (Wildman–Crippen MR) is 66.6 cm³/mol. The van der Waals surface area contributed by atoms with Gasteiger partial charge >= 0.3 is 0 Å². The molecule has 0 saturated heterocycles. The molecule has 0 saturated carbocycles. The van der Waals surface area contributed by atoms with E-state index in [-0.39, 0.29) is 0 Å². The third kappa shape index (κ3) is 2.91. The smallest absolute Gasteiger partial charge is 0.247 e. The van der Waals surface area contributed by atoms with Gasteiger partial charge in [-0.3, -0.25) is 0 Å². The third-order valence-corrected chi connectivity index (χ3v) is 2.53. The van der Waals surface area contributed by atoms with E-state index in [1.54, 1.807) is 0 Å². The fourth-order valence-corrected chi connectivity index (χ4v) is 1.82. The first-order valence-corrected chi connectivity index (χ1v) is 5.80. The van der Waals surface area contributed by atoms with Gasteiger partial charge in [0.05, 0.1) is 0 Å². The van der Waals surface area contributed by atoms with Crippen LogP contribution in [0.1, 0.15) is 23.4 Å². The minimum absolute atomic E-state index is 0.587. The van der Waals surface area contributed by atoms with Crippen molar-refractivity contribution in [1.29, 1.82) is 0 Å². The lowest BCUT2D eigenvalue weighted by molar-refractivity contribution is 0.499. The molecule has 0 unspecified atom stereocenters. The van der Waals surface area contributed by atoms with Gasteiger partial charge < -0.3 is 10.2 Å². The largest absolute Gasteiger partial charge is 0.421 e. The van der Waals surface area contributed by atoms with Crippen LogP contribution >= 0.6 is 0 Å². The maximum Gasteiger partial charge on any atom is 0.247 e. The van der Waals surface area contributed by atoms with Gasteiger partial charge in [-0.25, -0.2) is 0 Å². The number of hydrogen-bond acceptors (Lipinski definition) is 4. The van der Waals surface area contributed by atoms with Crippen molar-refractivity contribution in [3.8, 4) is 11.5 Å². The maximum absolute atomic E-state index is 5.60. The minimum atomic E-state index is 0.587. The topological polar surface area (TPSA) is 64.9 Å². The highest BCUT2D eigenvalue weighted by Gasteiger charge is 2.08. The number of hydrogen-bond donors (Lipinski definition) is 1. The number of aryl methyl sites for hydroxylation is 3. The molecule has 4 heteroatoms. The van der Waals surface area contributed by atoms with Gasteiger partial charge in [0, 0.05) is 12.0 Å². The first-order valence-electron chi connectivity index (χ1n) is 5.80. The van der Waals surface area contributed by atoms with E-state index in [0.717, 1.165) is 18.4 Å². The fourth-order valence-electron chi connectivity index (χ4n) is 1.82. The molecule has 0 spiro atoms. The Morgan fingerprint density at radius 2 is 1.82 bits per heavy atom. The number of benzene rings is 1. The summed E-state index contributed by atoms with van der Waals surface area (Å²) in [5.41, 5.74) is 8.82. The van der Waals surface area contributed by atoms with Crippen molar-refractivity contribution in [1.82, 2.24) is 10.2 Å². The van der Waals surface area contributed by atoms with Crippen LogP contribution in [-0.2, 0) is 6.42 Å². The molecular formula is C13H17N3O. The summed E-state index contributed by atoms with van der Waals surface area (Å²) < 4.78 is 5.60. The number of nitrogens with two attached hydrogens (primary N) is 1. The van der Waals surface area contributed by atoms with Crippen LogP contribution in [0.25, 0.3) is 11.5 Å². The van der Waals surface area contributed by atoms with Crippen LogP contribution in [-0.4, -0.2) is 16.7 Å². The average molecular weight is 231 g/mol. The lowest BCUT2D eigenvalue weighted by Crippen LogP contribution is -2.00. The van der Waals surface area contributed by atoms with Gasteiger partial charge in [-0.05, 0) is 38.9 Å². The third-order valence-electron chi connectivity index (χ3n) is 2.53. The summed E-state index contributed by atoms with van der Waals surface area (Å²) in [5.74, 6) is 1.24. The molecule has 0 atom stereocenters. The fraction of sp³-hybridized carbons (Fsp3) is 0.385. The average Bonchev–Trinajstić information content (AvgIpc) is 2.73. The number of aromatic nitrogens is 2. The second kappa shape index (κ2) is 5.10. The Morgan fingerprint density at radius 1 is 1.12 bits per heavy atom. The van der Waals surface area contributed by atoms with Crippen LogP contribution in [0.15, 0.2) is 22.6 Å². The molecule has 4 nitrogen and oxygen atoms in total. The summed E-state index contributed by atoms with van der Waals surface area (Å²) in [6.45, 7) is 4.76. The molecule has 17 heavy (non-hydrogen) atoms. The lowest BCUT2D eigenvalue weighted by atomic mass is 10.1. The van der Waals surface area contributed by atoms with E-state index in [2.05, 4.69) is 30.1 Å².